The van der Waals surface area contributed by atoms with Crippen LogP contribution in [0.5, 0.6) is 5.75 Å². The third-order valence-electron chi connectivity index (χ3n) is 4.95. The summed E-state index contributed by atoms with van der Waals surface area (Å²) >= 11 is 1.32. The summed E-state index contributed by atoms with van der Waals surface area (Å²) < 4.78 is 22.0. The lowest BCUT2D eigenvalue weighted by atomic mass is 10.0. The van der Waals surface area contributed by atoms with Crippen molar-refractivity contribution >= 4 is 23.0 Å². The molecule has 0 bridgehead atoms. The van der Waals surface area contributed by atoms with Gasteiger partial charge >= 0.3 is 0 Å². The van der Waals surface area contributed by atoms with Crippen molar-refractivity contribution in [3.8, 4) is 16.2 Å². The van der Waals surface area contributed by atoms with Crippen molar-refractivity contribution in [3.05, 3.63) is 58.5 Å². The van der Waals surface area contributed by atoms with E-state index in [1.54, 1.807) is 10.7 Å². The van der Waals surface area contributed by atoms with Gasteiger partial charge in [-0.2, -0.15) is 5.10 Å². The zero-order valence-corrected chi connectivity index (χ0v) is 17.6. The molecule has 2 aromatic heterocycles. The monoisotopic (exact) mass is 427 g/mol. The molecule has 4 rings (SSSR count). The van der Waals surface area contributed by atoms with Gasteiger partial charge in [0.1, 0.15) is 17.7 Å². The van der Waals surface area contributed by atoms with Gasteiger partial charge in [0.15, 0.2) is 5.78 Å². The van der Waals surface area contributed by atoms with Crippen LogP contribution in [0, 0.1) is 12.7 Å². The number of halogens is 1. The quantitative estimate of drug-likeness (QED) is 0.583. The molecule has 0 aliphatic carbocycles. The molecule has 0 saturated carbocycles. The third-order valence-corrected chi connectivity index (χ3v) is 6.17. The number of amides is 1. The van der Waals surface area contributed by atoms with Gasteiger partial charge in [0.05, 0.1) is 17.1 Å². The Balaban J connectivity index is 1.39. The summed E-state index contributed by atoms with van der Waals surface area (Å²) in [5.74, 6) is 0.175. The van der Waals surface area contributed by atoms with Crippen LogP contribution in [-0.4, -0.2) is 34.1 Å². The Hall–Kier alpha value is -3.00. The smallest absolute Gasteiger partial charge is 0.221 e. The van der Waals surface area contributed by atoms with E-state index < -0.39 is 0 Å². The number of ether oxygens (including phenoxy) is 1. The van der Waals surface area contributed by atoms with Gasteiger partial charge in [-0.25, -0.2) is 4.39 Å². The Morgan fingerprint density at radius 2 is 2.17 bits per heavy atom. The number of thiophene rings is 1. The second-order valence-corrected chi connectivity index (χ2v) is 8.46. The minimum absolute atomic E-state index is 0.0222. The van der Waals surface area contributed by atoms with Gasteiger partial charge in [0.2, 0.25) is 5.91 Å². The highest BCUT2D eigenvalue weighted by Gasteiger charge is 2.28. The molecule has 0 saturated heterocycles. The Morgan fingerprint density at radius 1 is 1.33 bits per heavy atom. The van der Waals surface area contributed by atoms with Crippen LogP contribution in [0.3, 0.4) is 0 Å². The zero-order valence-electron chi connectivity index (χ0n) is 16.8. The molecular formula is C22H22FN3O3S. The summed E-state index contributed by atoms with van der Waals surface area (Å²) in [7, 11) is 0. The minimum atomic E-state index is -0.343. The van der Waals surface area contributed by atoms with E-state index in [9.17, 15) is 14.0 Å². The molecule has 8 heteroatoms. The van der Waals surface area contributed by atoms with Crippen molar-refractivity contribution in [1.82, 2.24) is 15.1 Å². The predicted molar refractivity (Wildman–Crippen MR) is 112 cm³/mol. The van der Waals surface area contributed by atoms with Gasteiger partial charge in [-0.3, -0.25) is 14.3 Å². The summed E-state index contributed by atoms with van der Waals surface area (Å²) in [5, 5.41) is 7.15. The lowest BCUT2D eigenvalue weighted by Gasteiger charge is -2.13. The maximum atomic E-state index is 14.2. The Morgan fingerprint density at radius 3 is 2.87 bits per heavy atom. The molecule has 0 unspecified atom stereocenters. The second-order valence-electron chi connectivity index (χ2n) is 7.38. The highest BCUT2D eigenvalue weighted by atomic mass is 32.1. The zero-order chi connectivity index (χ0) is 21.3. The van der Waals surface area contributed by atoms with Crippen LogP contribution in [0.1, 0.15) is 34.3 Å². The molecule has 1 atom stereocenters. The fourth-order valence-electron chi connectivity index (χ4n) is 3.48. The first-order valence-corrected chi connectivity index (χ1v) is 10.6. The van der Waals surface area contributed by atoms with Crippen LogP contribution >= 0.6 is 11.3 Å². The number of Topliss-reactive ketones (excluding diaryl/α,β-unsaturated/α-hetero) is 1. The van der Waals surface area contributed by atoms with Crippen molar-refractivity contribution in [3.63, 3.8) is 0 Å². The number of nitrogens with zero attached hydrogens (tertiary/aromatic N) is 2. The average molecular weight is 428 g/mol. The molecular weight excluding hydrogens is 405 g/mol. The Labute approximate surface area is 177 Å². The van der Waals surface area contributed by atoms with E-state index in [1.807, 2.05) is 25.3 Å². The topological polar surface area (TPSA) is 73.2 Å². The number of benzene rings is 1. The van der Waals surface area contributed by atoms with Crippen LogP contribution in [-0.2, 0) is 17.8 Å². The first kappa shape index (κ1) is 20.3. The Bertz CT molecular complexity index is 1100. The molecule has 0 radical (unpaired) electrons. The number of aromatic nitrogens is 2. The summed E-state index contributed by atoms with van der Waals surface area (Å²) in [6.45, 7) is 4.27. The van der Waals surface area contributed by atoms with E-state index in [0.717, 1.165) is 16.1 Å². The molecule has 1 N–H and O–H groups in total. The Kier molecular flexibility index (Phi) is 5.67. The van der Waals surface area contributed by atoms with Crippen molar-refractivity contribution < 1.29 is 18.7 Å². The number of carbonyl (C=O) groups is 2. The van der Waals surface area contributed by atoms with Gasteiger partial charge in [0.25, 0.3) is 0 Å². The maximum Gasteiger partial charge on any atom is 0.221 e. The minimum Gasteiger partial charge on any atom is -0.487 e. The van der Waals surface area contributed by atoms with Crippen molar-refractivity contribution in [1.29, 1.82) is 0 Å². The highest BCUT2D eigenvalue weighted by Crippen LogP contribution is 2.42. The van der Waals surface area contributed by atoms with Gasteiger partial charge in [-0.1, -0.05) is 0 Å². The second kappa shape index (κ2) is 8.39. The number of carbonyl (C=O) groups excluding carboxylic acids is 2. The van der Waals surface area contributed by atoms with Gasteiger partial charge in [0, 0.05) is 41.6 Å². The molecule has 1 aliphatic rings. The highest BCUT2D eigenvalue weighted by molar-refractivity contribution is 7.17. The van der Waals surface area contributed by atoms with Crippen molar-refractivity contribution in [2.45, 2.75) is 39.3 Å². The first-order valence-electron chi connectivity index (χ1n) is 9.76. The molecule has 0 spiro atoms. The van der Waals surface area contributed by atoms with Crippen LogP contribution in [0.25, 0.3) is 10.4 Å². The van der Waals surface area contributed by atoms with Gasteiger partial charge < -0.3 is 10.1 Å². The number of hydrogen-bond acceptors (Lipinski definition) is 5. The molecule has 30 heavy (non-hydrogen) atoms. The summed E-state index contributed by atoms with van der Waals surface area (Å²) in [4.78, 5) is 25.2. The lowest BCUT2D eigenvalue weighted by molar-refractivity contribution is -0.121. The van der Waals surface area contributed by atoms with Gasteiger partial charge in [-0.15, -0.1) is 11.3 Å². The molecule has 3 aromatic rings. The molecule has 1 aliphatic heterocycles. The normalized spacial score (nSPS) is 15.0. The molecule has 1 aromatic carbocycles. The van der Waals surface area contributed by atoms with Crippen LogP contribution in [0.15, 0.2) is 36.5 Å². The number of fused-ring (bicyclic) bond motifs is 1. The summed E-state index contributed by atoms with van der Waals surface area (Å²) in [6, 6.07) is 8.35. The fraction of sp³-hybridized carbons (Fsp3) is 0.318. The lowest BCUT2D eigenvalue weighted by Crippen LogP contribution is -2.34. The number of rotatable bonds is 7. The standard InChI is InChI=1S/C22H22FN3O3S/c1-13-5-7-26(25-13)8-6-21(28)24-12-17-10-15-9-16(23)11-18(22(15)29-17)20-4-3-19(30-20)14(2)27/h3-5,7,9,11,17H,6,8,10,12H2,1-2H3,(H,24,28)/t17-/m0/s1. The number of hydrogen-bond donors (Lipinski definition) is 1. The third kappa shape index (κ3) is 4.43. The van der Waals surface area contributed by atoms with Crippen LogP contribution in [0.4, 0.5) is 4.39 Å². The van der Waals surface area contributed by atoms with E-state index in [1.165, 1.54) is 30.4 Å². The van der Waals surface area contributed by atoms with Crippen LogP contribution in [0.2, 0.25) is 0 Å². The first-order chi connectivity index (χ1) is 14.4. The van der Waals surface area contributed by atoms with Crippen molar-refractivity contribution in [2.24, 2.45) is 0 Å². The molecule has 1 amide bonds. The molecule has 156 valence electrons. The summed E-state index contributed by atoms with van der Waals surface area (Å²) in [5.41, 5.74) is 2.33. The molecule has 3 heterocycles. The summed E-state index contributed by atoms with van der Waals surface area (Å²) in [6.07, 6.45) is 2.42. The predicted octanol–water partition coefficient (Wildman–Crippen LogP) is 3.77. The average Bonchev–Trinajstić information content (AvgIpc) is 3.43. The van der Waals surface area contributed by atoms with E-state index >= 15 is 0 Å². The fourth-order valence-corrected chi connectivity index (χ4v) is 4.40. The van der Waals surface area contributed by atoms with Crippen LogP contribution < -0.4 is 10.1 Å². The van der Waals surface area contributed by atoms with E-state index in [4.69, 9.17) is 4.74 Å². The maximum absolute atomic E-state index is 14.2. The van der Waals surface area contributed by atoms with E-state index in [-0.39, 0.29) is 23.6 Å². The molecule has 6 nitrogen and oxygen atoms in total. The van der Waals surface area contributed by atoms with Crippen molar-refractivity contribution in [2.75, 3.05) is 6.54 Å². The number of ketones is 1. The van der Waals surface area contributed by atoms with E-state index in [0.29, 0.717) is 42.1 Å². The van der Waals surface area contributed by atoms with E-state index in [2.05, 4.69) is 10.4 Å². The SMILES string of the molecule is CC(=O)c1ccc(-c2cc(F)cc3c2O[C@H](CNC(=O)CCn2ccc(C)n2)C3)s1. The number of aryl methyl sites for hydroxylation is 2. The molecule has 0 fully saturated rings. The largest absolute Gasteiger partial charge is 0.487 e. The van der Waals surface area contributed by atoms with Gasteiger partial charge in [-0.05, 0) is 44.2 Å². The number of nitrogens with one attached hydrogen (secondary N) is 1.